The third-order valence-electron chi connectivity index (χ3n) is 3.10. The summed E-state index contributed by atoms with van der Waals surface area (Å²) in [5.74, 6) is -0.156. The Morgan fingerprint density at radius 3 is 2.37 bits per heavy atom. The van der Waals surface area contributed by atoms with Crippen LogP contribution in [0.4, 0.5) is 4.39 Å². The minimum Gasteiger partial charge on any atom is -0.330 e. The van der Waals surface area contributed by atoms with Crippen LogP contribution in [-0.4, -0.2) is 6.54 Å². The van der Waals surface area contributed by atoms with Gasteiger partial charge >= 0.3 is 0 Å². The van der Waals surface area contributed by atoms with Gasteiger partial charge in [-0.05, 0) is 54.4 Å². The van der Waals surface area contributed by atoms with Crippen molar-refractivity contribution in [1.82, 2.24) is 0 Å². The molecule has 1 atom stereocenters. The molecule has 100 valence electrons. The first kappa shape index (κ1) is 14.3. The molecule has 2 N–H and O–H groups in total. The highest BCUT2D eigenvalue weighted by atomic mass is 35.5. The molecule has 0 amide bonds. The summed E-state index contributed by atoms with van der Waals surface area (Å²) in [5, 5.41) is 1.32. The molecule has 0 spiro atoms. The lowest BCUT2D eigenvalue weighted by Gasteiger charge is -2.16. The topological polar surface area (TPSA) is 26.0 Å². The number of hydrogen-bond donors (Lipinski definition) is 1. The van der Waals surface area contributed by atoms with E-state index in [9.17, 15) is 4.39 Å². The largest absolute Gasteiger partial charge is 0.330 e. The van der Waals surface area contributed by atoms with Crippen molar-refractivity contribution in [2.24, 2.45) is 5.73 Å². The Kier molecular flexibility index (Phi) is 4.81. The molecule has 2 aromatic carbocycles. The maximum Gasteiger partial charge on any atom is 0.123 e. The fourth-order valence-electron chi connectivity index (χ4n) is 2.04. The van der Waals surface area contributed by atoms with E-state index in [4.69, 9.17) is 28.9 Å². The zero-order valence-corrected chi connectivity index (χ0v) is 11.8. The van der Waals surface area contributed by atoms with Crippen LogP contribution in [0.25, 0.3) is 0 Å². The van der Waals surface area contributed by atoms with Crippen LogP contribution in [0.1, 0.15) is 17.0 Å². The minimum absolute atomic E-state index is 0.0940. The van der Waals surface area contributed by atoms with Crippen molar-refractivity contribution in [2.45, 2.75) is 12.3 Å². The lowest BCUT2D eigenvalue weighted by atomic mass is 9.92. The van der Waals surface area contributed by atoms with Crippen molar-refractivity contribution < 1.29 is 4.39 Å². The van der Waals surface area contributed by atoms with Crippen molar-refractivity contribution in [2.75, 3.05) is 6.54 Å². The predicted molar refractivity (Wildman–Crippen MR) is 78.4 cm³/mol. The average Bonchev–Trinajstić information content (AvgIpc) is 2.41. The first-order valence-electron chi connectivity index (χ1n) is 5.99. The first-order valence-corrected chi connectivity index (χ1v) is 6.75. The fourth-order valence-corrected chi connectivity index (χ4v) is 2.43. The molecule has 1 unspecified atom stereocenters. The third kappa shape index (κ3) is 3.69. The second kappa shape index (κ2) is 6.38. The Labute approximate surface area is 122 Å². The lowest BCUT2D eigenvalue weighted by molar-refractivity contribution is 0.623. The summed E-state index contributed by atoms with van der Waals surface area (Å²) < 4.78 is 12.9. The van der Waals surface area contributed by atoms with Gasteiger partial charge < -0.3 is 5.73 Å². The van der Waals surface area contributed by atoms with E-state index < -0.39 is 0 Å². The third-order valence-corrected chi connectivity index (χ3v) is 3.70. The molecule has 4 heteroatoms. The highest BCUT2D eigenvalue weighted by Crippen LogP contribution is 2.27. The van der Waals surface area contributed by atoms with Gasteiger partial charge in [0.15, 0.2) is 0 Å². The van der Waals surface area contributed by atoms with E-state index in [2.05, 4.69) is 0 Å². The Morgan fingerprint density at radius 1 is 1.05 bits per heavy atom. The van der Waals surface area contributed by atoms with Crippen molar-refractivity contribution in [1.29, 1.82) is 0 Å². The molecule has 0 heterocycles. The highest BCUT2D eigenvalue weighted by molar-refractivity contribution is 6.33. The zero-order chi connectivity index (χ0) is 13.8. The van der Waals surface area contributed by atoms with E-state index in [-0.39, 0.29) is 11.7 Å². The van der Waals surface area contributed by atoms with Gasteiger partial charge in [-0.2, -0.15) is 0 Å². The van der Waals surface area contributed by atoms with Gasteiger partial charge in [0.1, 0.15) is 5.82 Å². The molecule has 0 aliphatic heterocycles. The number of hydrogen-bond acceptors (Lipinski definition) is 1. The second-order valence-corrected chi connectivity index (χ2v) is 5.27. The smallest absolute Gasteiger partial charge is 0.123 e. The van der Waals surface area contributed by atoms with E-state index >= 15 is 0 Å². The number of halogens is 3. The van der Waals surface area contributed by atoms with Crippen LogP contribution in [0.3, 0.4) is 0 Å². The summed E-state index contributed by atoms with van der Waals surface area (Å²) in [6, 6.07) is 11.8. The van der Waals surface area contributed by atoms with Crippen molar-refractivity contribution in [3.05, 3.63) is 69.5 Å². The summed E-state index contributed by atoms with van der Waals surface area (Å²) in [6.07, 6.45) is 0.682. The van der Waals surface area contributed by atoms with Crippen molar-refractivity contribution >= 4 is 23.2 Å². The Bertz CT molecular complexity index is 555. The van der Waals surface area contributed by atoms with Gasteiger partial charge in [-0.25, -0.2) is 4.39 Å². The molecule has 0 aromatic heterocycles. The van der Waals surface area contributed by atoms with Crippen LogP contribution in [0.15, 0.2) is 42.5 Å². The van der Waals surface area contributed by atoms with Crippen LogP contribution in [-0.2, 0) is 6.42 Å². The van der Waals surface area contributed by atoms with Gasteiger partial charge in [0.05, 0.1) is 0 Å². The molecule has 0 aliphatic rings. The normalized spacial score (nSPS) is 12.4. The van der Waals surface area contributed by atoms with E-state index in [0.717, 1.165) is 11.1 Å². The standard InChI is InChI=1S/C15H14Cl2FN/c16-13-3-6-15(17)11(8-13)7-12(9-19)10-1-4-14(18)5-2-10/h1-6,8,12H,7,9,19H2. The van der Waals surface area contributed by atoms with Gasteiger partial charge in [0.2, 0.25) is 0 Å². The molecular weight excluding hydrogens is 284 g/mol. The molecular formula is C15H14Cl2FN. The van der Waals surface area contributed by atoms with Gasteiger partial charge in [-0.3, -0.25) is 0 Å². The van der Waals surface area contributed by atoms with Gasteiger partial charge in [-0.15, -0.1) is 0 Å². The first-order chi connectivity index (χ1) is 9.10. The second-order valence-electron chi connectivity index (χ2n) is 4.42. The number of rotatable bonds is 4. The molecule has 0 saturated carbocycles. The van der Waals surface area contributed by atoms with Crippen molar-refractivity contribution in [3.8, 4) is 0 Å². The van der Waals surface area contributed by atoms with E-state index in [1.165, 1.54) is 12.1 Å². The Balaban J connectivity index is 2.23. The quantitative estimate of drug-likeness (QED) is 0.888. The lowest BCUT2D eigenvalue weighted by Crippen LogP contribution is -2.15. The number of nitrogens with two attached hydrogens (primary N) is 1. The van der Waals surface area contributed by atoms with Crippen LogP contribution in [0.5, 0.6) is 0 Å². The van der Waals surface area contributed by atoms with Gasteiger partial charge in [0.25, 0.3) is 0 Å². The van der Waals surface area contributed by atoms with Crippen LogP contribution >= 0.6 is 23.2 Å². The van der Waals surface area contributed by atoms with E-state index in [0.29, 0.717) is 23.0 Å². The SMILES string of the molecule is NCC(Cc1cc(Cl)ccc1Cl)c1ccc(F)cc1. The molecule has 0 radical (unpaired) electrons. The Hall–Kier alpha value is -1.09. The van der Waals surface area contributed by atoms with Gasteiger partial charge in [-0.1, -0.05) is 35.3 Å². The maximum absolute atomic E-state index is 12.9. The molecule has 0 aliphatic carbocycles. The predicted octanol–water partition coefficient (Wildman–Crippen LogP) is 4.42. The minimum atomic E-state index is -0.250. The Morgan fingerprint density at radius 2 is 1.74 bits per heavy atom. The molecule has 19 heavy (non-hydrogen) atoms. The molecule has 0 fully saturated rings. The van der Waals surface area contributed by atoms with Crippen molar-refractivity contribution in [3.63, 3.8) is 0 Å². The maximum atomic E-state index is 12.9. The highest BCUT2D eigenvalue weighted by Gasteiger charge is 2.13. The average molecular weight is 298 g/mol. The molecule has 0 bridgehead atoms. The van der Waals surface area contributed by atoms with Crippen LogP contribution in [0.2, 0.25) is 10.0 Å². The van der Waals surface area contributed by atoms with Crippen LogP contribution < -0.4 is 5.73 Å². The summed E-state index contributed by atoms with van der Waals surface area (Å²) in [4.78, 5) is 0. The summed E-state index contributed by atoms with van der Waals surface area (Å²) >= 11 is 12.1. The van der Waals surface area contributed by atoms with Crippen LogP contribution in [0, 0.1) is 5.82 Å². The van der Waals surface area contributed by atoms with Gasteiger partial charge in [0, 0.05) is 16.0 Å². The van der Waals surface area contributed by atoms with E-state index in [1.807, 2.05) is 6.07 Å². The van der Waals surface area contributed by atoms with E-state index in [1.54, 1.807) is 24.3 Å². The molecule has 2 aromatic rings. The molecule has 2 rings (SSSR count). The zero-order valence-electron chi connectivity index (χ0n) is 10.2. The summed E-state index contributed by atoms with van der Waals surface area (Å²) in [7, 11) is 0. The molecule has 1 nitrogen and oxygen atoms in total. The monoisotopic (exact) mass is 297 g/mol. The number of benzene rings is 2. The summed E-state index contributed by atoms with van der Waals surface area (Å²) in [5.41, 5.74) is 7.76. The fraction of sp³-hybridized carbons (Fsp3) is 0.200. The molecule has 0 saturated heterocycles. The summed E-state index contributed by atoms with van der Waals surface area (Å²) in [6.45, 7) is 0.467.